The van der Waals surface area contributed by atoms with Crippen LogP contribution in [-0.2, 0) is 0 Å². The Bertz CT molecular complexity index is 596. The summed E-state index contributed by atoms with van der Waals surface area (Å²) in [6, 6.07) is 4.86. The molecule has 7 heteroatoms. The largest absolute Gasteiger partial charge is 0.368 e. The van der Waals surface area contributed by atoms with Crippen LogP contribution in [0.5, 0.6) is 0 Å². The molecule has 0 fully saturated rings. The number of aromatic amines is 1. The number of hydrogen-bond donors (Lipinski definition) is 2. The summed E-state index contributed by atoms with van der Waals surface area (Å²) in [5, 5.41) is 0.798. The second kappa shape index (κ2) is 4.11. The molecule has 1 aromatic heterocycles. The Kier molecular flexibility index (Phi) is 2.80. The number of H-pyrrole nitrogens is 1. The van der Waals surface area contributed by atoms with Gasteiger partial charge in [0, 0.05) is 5.56 Å². The molecule has 3 N–H and O–H groups in total. The Hall–Kier alpha value is -1.59. The molecule has 0 saturated carbocycles. The third kappa shape index (κ3) is 2.15. The number of hydrogen-bond acceptors (Lipinski definition) is 4. The number of aromatic nitrogens is 3. The summed E-state index contributed by atoms with van der Waals surface area (Å²) in [4.78, 5) is 20.8. The molecule has 0 spiro atoms. The van der Waals surface area contributed by atoms with E-state index in [9.17, 15) is 4.79 Å². The van der Waals surface area contributed by atoms with Crippen LogP contribution in [0.1, 0.15) is 0 Å². The van der Waals surface area contributed by atoms with Gasteiger partial charge in [0.25, 0.3) is 0 Å². The fourth-order valence-corrected chi connectivity index (χ4v) is 1.48. The van der Waals surface area contributed by atoms with Gasteiger partial charge in [-0.1, -0.05) is 23.2 Å². The van der Waals surface area contributed by atoms with E-state index in [0.717, 1.165) is 0 Å². The van der Waals surface area contributed by atoms with Crippen molar-refractivity contribution in [3.05, 3.63) is 38.7 Å². The first kappa shape index (κ1) is 10.9. The van der Waals surface area contributed by atoms with Crippen LogP contribution in [0, 0.1) is 0 Å². The summed E-state index contributed by atoms with van der Waals surface area (Å²) in [6.07, 6.45) is 0. The van der Waals surface area contributed by atoms with E-state index in [1.807, 2.05) is 0 Å². The smallest absolute Gasteiger partial charge is 0.349 e. The number of rotatable bonds is 1. The number of halogens is 2. The summed E-state index contributed by atoms with van der Waals surface area (Å²) in [7, 11) is 0. The Labute approximate surface area is 100 Å². The van der Waals surface area contributed by atoms with Gasteiger partial charge in [-0.15, -0.1) is 0 Å². The minimum Gasteiger partial charge on any atom is -0.368 e. The van der Waals surface area contributed by atoms with Gasteiger partial charge in [0.05, 0.1) is 10.0 Å². The molecule has 0 unspecified atom stereocenters. The van der Waals surface area contributed by atoms with Crippen molar-refractivity contribution < 1.29 is 0 Å². The number of nitrogens with two attached hydrogens (primary N) is 1. The fraction of sp³-hybridized carbons (Fsp3) is 0. The van der Waals surface area contributed by atoms with Crippen LogP contribution in [0.3, 0.4) is 0 Å². The lowest BCUT2D eigenvalue weighted by molar-refractivity contribution is 1.01. The molecule has 0 saturated heterocycles. The first-order valence-corrected chi connectivity index (χ1v) is 5.01. The number of benzene rings is 1. The summed E-state index contributed by atoms with van der Waals surface area (Å²) >= 11 is 11.6. The van der Waals surface area contributed by atoms with E-state index in [1.54, 1.807) is 18.2 Å². The van der Waals surface area contributed by atoms with Crippen molar-refractivity contribution >= 4 is 29.2 Å². The SMILES string of the molecule is Nc1nc(-c2ccc(Cl)c(Cl)c2)[nH]c(=O)n1. The van der Waals surface area contributed by atoms with Gasteiger partial charge >= 0.3 is 5.69 Å². The molecule has 0 radical (unpaired) electrons. The summed E-state index contributed by atoms with van der Waals surface area (Å²) in [6.45, 7) is 0. The van der Waals surface area contributed by atoms with Gasteiger partial charge in [-0.3, -0.25) is 4.98 Å². The second-order valence-electron chi connectivity index (χ2n) is 2.99. The molecule has 0 aliphatic carbocycles. The molecule has 2 aromatic rings. The predicted octanol–water partition coefficient (Wildman–Crippen LogP) is 1.72. The van der Waals surface area contributed by atoms with Crippen molar-refractivity contribution in [2.24, 2.45) is 0 Å². The van der Waals surface area contributed by atoms with Gasteiger partial charge in [0.2, 0.25) is 5.95 Å². The van der Waals surface area contributed by atoms with Gasteiger partial charge in [-0.25, -0.2) is 4.79 Å². The van der Waals surface area contributed by atoms with Crippen LogP contribution in [-0.4, -0.2) is 15.0 Å². The molecule has 0 bridgehead atoms. The van der Waals surface area contributed by atoms with Crippen molar-refractivity contribution in [1.82, 2.24) is 15.0 Å². The van der Waals surface area contributed by atoms with E-state index in [4.69, 9.17) is 28.9 Å². The summed E-state index contributed by atoms with van der Waals surface area (Å²) < 4.78 is 0. The van der Waals surface area contributed by atoms with E-state index >= 15 is 0 Å². The molecule has 2 rings (SSSR count). The van der Waals surface area contributed by atoms with Crippen molar-refractivity contribution in [3.63, 3.8) is 0 Å². The van der Waals surface area contributed by atoms with Crippen molar-refractivity contribution in [3.8, 4) is 11.4 Å². The lowest BCUT2D eigenvalue weighted by Gasteiger charge is -2.02. The minimum absolute atomic E-state index is 0.0928. The van der Waals surface area contributed by atoms with Crippen LogP contribution in [0.4, 0.5) is 5.95 Å². The second-order valence-corrected chi connectivity index (χ2v) is 3.80. The Morgan fingerprint density at radius 2 is 1.94 bits per heavy atom. The minimum atomic E-state index is -0.562. The third-order valence-corrected chi connectivity index (χ3v) is 2.60. The molecule has 0 aliphatic heterocycles. The molecular formula is C9H6Cl2N4O. The van der Waals surface area contributed by atoms with Gasteiger partial charge in [-0.05, 0) is 18.2 Å². The first-order valence-electron chi connectivity index (χ1n) is 4.25. The van der Waals surface area contributed by atoms with Crippen LogP contribution in [0.25, 0.3) is 11.4 Å². The van der Waals surface area contributed by atoms with Crippen LogP contribution >= 0.6 is 23.2 Å². The maximum atomic E-state index is 11.1. The molecule has 0 atom stereocenters. The van der Waals surface area contributed by atoms with E-state index in [1.165, 1.54) is 0 Å². The molecule has 16 heavy (non-hydrogen) atoms. The maximum Gasteiger partial charge on any atom is 0.349 e. The highest BCUT2D eigenvalue weighted by Gasteiger charge is 2.05. The average molecular weight is 257 g/mol. The Balaban J connectivity index is 2.58. The fourth-order valence-electron chi connectivity index (χ4n) is 1.18. The molecule has 1 heterocycles. The topological polar surface area (TPSA) is 84.7 Å². The maximum absolute atomic E-state index is 11.1. The molecule has 0 aliphatic rings. The number of anilines is 1. The van der Waals surface area contributed by atoms with Crippen molar-refractivity contribution in [2.45, 2.75) is 0 Å². The third-order valence-electron chi connectivity index (χ3n) is 1.86. The van der Waals surface area contributed by atoms with Crippen LogP contribution in [0.2, 0.25) is 10.0 Å². The van der Waals surface area contributed by atoms with E-state index in [2.05, 4.69) is 15.0 Å². The molecule has 0 amide bonds. The summed E-state index contributed by atoms with van der Waals surface area (Å²) in [5.41, 5.74) is 5.41. The van der Waals surface area contributed by atoms with Crippen LogP contribution in [0.15, 0.2) is 23.0 Å². The average Bonchev–Trinajstić information content (AvgIpc) is 2.20. The molecular weight excluding hydrogens is 251 g/mol. The number of nitrogen functional groups attached to an aromatic ring is 1. The normalized spacial score (nSPS) is 10.4. The highest BCUT2D eigenvalue weighted by Crippen LogP contribution is 2.26. The van der Waals surface area contributed by atoms with Crippen molar-refractivity contribution in [2.75, 3.05) is 5.73 Å². The highest BCUT2D eigenvalue weighted by atomic mass is 35.5. The molecule has 82 valence electrons. The van der Waals surface area contributed by atoms with Crippen LogP contribution < -0.4 is 11.4 Å². The quantitative estimate of drug-likeness (QED) is 0.814. The monoisotopic (exact) mass is 256 g/mol. The zero-order chi connectivity index (χ0) is 11.7. The predicted molar refractivity (Wildman–Crippen MR) is 62.5 cm³/mol. The molecule has 5 nitrogen and oxygen atoms in total. The number of nitrogens with zero attached hydrogens (tertiary/aromatic N) is 2. The standard InChI is InChI=1S/C9H6Cl2N4O/c10-5-2-1-4(3-6(5)11)7-13-8(12)15-9(16)14-7/h1-3H,(H3,12,13,14,15,16). The van der Waals surface area contributed by atoms with Gasteiger partial charge < -0.3 is 5.73 Å². The zero-order valence-electron chi connectivity index (χ0n) is 7.87. The van der Waals surface area contributed by atoms with E-state index < -0.39 is 5.69 Å². The lowest BCUT2D eigenvalue weighted by atomic mass is 10.2. The Morgan fingerprint density at radius 1 is 1.19 bits per heavy atom. The lowest BCUT2D eigenvalue weighted by Crippen LogP contribution is -2.15. The molecule has 1 aromatic carbocycles. The van der Waals surface area contributed by atoms with Crippen molar-refractivity contribution in [1.29, 1.82) is 0 Å². The zero-order valence-corrected chi connectivity index (χ0v) is 9.38. The first-order chi connectivity index (χ1) is 7.56. The van der Waals surface area contributed by atoms with Gasteiger partial charge in [0.15, 0.2) is 0 Å². The van der Waals surface area contributed by atoms with E-state index in [0.29, 0.717) is 21.4 Å². The highest BCUT2D eigenvalue weighted by molar-refractivity contribution is 6.42. The Morgan fingerprint density at radius 3 is 2.56 bits per heavy atom. The van der Waals surface area contributed by atoms with Gasteiger partial charge in [0.1, 0.15) is 5.82 Å². The van der Waals surface area contributed by atoms with E-state index in [-0.39, 0.29) is 5.95 Å². The van der Waals surface area contributed by atoms with Gasteiger partial charge in [-0.2, -0.15) is 9.97 Å². The summed E-state index contributed by atoms with van der Waals surface area (Å²) in [5.74, 6) is 0.209. The number of nitrogens with one attached hydrogen (secondary N) is 1.